The third-order valence-electron chi connectivity index (χ3n) is 3.87. The van der Waals surface area contributed by atoms with Gasteiger partial charge < -0.3 is 9.84 Å². The average Bonchev–Trinajstić information content (AvgIpc) is 2.69. The highest BCUT2D eigenvalue weighted by atomic mass is 35.5. The van der Waals surface area contributed by atoms with Crippen LogP contribution in [-0.4, -0.2) is 33.2 Å². The Labute approximate surface area is 185 Å². The van der Waals surface area contributed by atoms with E-state index in [-0.39, 0.29) is 38.8 Å². The van der Waals surface area contributed by atoms with E-state index in [9.17, 15) is 19.2 Å². The monoisotopic (exact) mass is 469 g/mol. The van der Waals surface area contributed by atoms with Gasteiger partial charge in [-0.25, -0.2) is 25.5 Å². The summed E-state index contributed by atoms with van der Waals surface area (Å²) in [7, 11) is 0. The molecule has 0 aliphatic heterocycles. The minimum Gasteiger partial charge on any atom is -0.478 e. The normalized spacial score (nSPS) is 10.5. The Bertz CT molecular complexity index is 1110. The number of nitrogens with one attached hydrogen (secondary N) is 2. The van der Waals surface area contributed by atoms with Gasteiger partial charge in [0, 0.05) is 11.6 Å². The number of hydrogen-bond donors (Lipinski definition) is 4. The predicted octanol–water partition coefficient (Wildman–Crippen LogP) is 2.55. The Balaban J connectivity index is 2.26. The molecule has 1 aromatic heterocycles. The smallest absolute Gasteiger partial charge is 0.343 e. The SMILES string of the molecule is C=C(C(=O)O)C(=O)NC(=O)N(N)c1cc(Cl)c(Oc2cc(C(C)C)c(=O)[nH]n2)c(Cl)c1. The maximum atomic E-state index is 12.1. The average molecular weight is 470 g/mol. The first kappa shape index (κ1) is 23.9. The lowest BCUT2D eigenvalue weighted by Gasteiger charge is -2.19. The van der Waals surface area contributed by atoms with Crippen molar-refractivity contribution in [3.63, 3.8) is 0 Å². The number of H-pyrrole nitrogens is 1. The Morgan fingerprint density at radius 2 is 1.84 bits per heavy atom. The number of anilines is 1. The molecule has 0 spiro atoms. The number of carboxylic acids is 1. The number of carboxylic acid groups (broad SMARTS) is 1. The molecule has 0 unspecified atom stereocenters. The quantitative estimate of drug-likeness (QED) is 0.125. The van der Waals surface area contributed by atoms with Gasteiger partial charge in [-0.05, 0) is 18.1 Å². The van der Waals surface area contributed by atoms with Crippen LogP contribution < -0.4 is 26.5 Å². The number of imide groups is 1. The van der Waals surface area contributed by atoms with Crippen LogP contribution >= 0.6 is 23.2 Å². The van der Waals surface area contributed by atoms with Crippen molar-refractivity contribution in [2.75, 3.05) is 5.01 Å². The molecule has 5 N–H and O–H groups in total. The van der Waals surface area contributed by atoms with Crippen molar-refractivity contribution in [1.82, 2.24) is 15.5 Å². The van der Waals surface area contributed by atoms with Gasteiger partial charge in [0.05, 0.1) is 15.7 Å². The largest absolute Gasteiger partial charge is 0.478 e. The summed E-state index contributed by atoms with van der Waals surface area (Å²) in [6.45, 7) is 6.67. The van der Waals surface area contributed by atoms with Crippen LogP contribution in [0.1, 0.15) is 25.3 Å². The molecule has 0 aliphatic carbocycles. The summed E-state index contributed by atoms with van der Waals surface area (Å²) in [5.74, 6) is 2.73. The Kier molecular flexibility index (Phi) is 7.39. The second kappa shape index (κ2) is 9.60. The molecule has 3 amide bonds. The minimum atomic E-state index is -1.60. The number of nitrogens with two attached hydrogens (primary N) is 1. The zero-order chi connectivity index (χ0) is 23.5. The van der Waals surface area contributed by atoms with E-state index in [1.54, 1.807) is 5.32 Å². The molecular weight excluding hydrogens is 453 g/mol. The molecule has 2 rings (SSSR count). The molecule has 11 nitrogen and oxygen atoms in total. The number of halogens is 2. The molecule has 13 heteroatoms. The summed E-state index contributed by atoms with van der Waals surface area (Å²) in [4.78, 5) is 46.2. The highest BCUT2D eigenvalue weighted by Crippen LogP contribution is 2.39. The highest BCUT2D eigenvalue weighted by molar-refractivity contribution is 6.37. The van der Waals surface area contributed by atoms with Gasteiger partial charge in [0.15, 0.2) is 5.75 Å². The summed E-state index contributed by atoms with van der Waals surface area (Å²) in [6.07, 6.45) is 0. The van der Waals surface area contributed by atoms with Gasteiger partial charge in [-0.1, -0.05) is 43.6 Å². The second-order valence-corrected chi connectivity index (χ2v) is 7.21. The number of hydrazine groups is 1. The van der Waals surface area contributed by atoms with Gasteiger partial charge in [0.2, 0.25) is 5.88 Å². The number of aromatic amines is 1. The third-order valence-corrected chi connectivity index (χ3v) is 4.43. The van der Waals surface area contributed by atoms with Gasteiger partial charge >= 0.3 is 12.0 Å². The number of urea groups is 1. The summed E-state index contributed by atoms with van der Waals surface area (Å²) in [6, 6.07) is 2.71. The molecule has 1 aromatic carbocycles. The van der Waals surface area contributed by atoms with E-state index in [0.29, 0.717) is 10.6 Å². The molecule has 0 saturated carbocycles. The first-order valence-corrected chi connectivity index (χ1v) is 9.26. The molecule has 164 valence electrons. The van der Waals surface area contributed by atoms with E-state index >= 15 is 0 Å². The van der Waals surface area contributed by atoms with E-state index in [0.717, 1.165) is 0 Å². The third kappa shape index (κ3) is 5.60. The molecular formula is C18H17Cl2N5O6. The number of amides is 3. The number of benzene rings is 1. The Morgan fingerprint density at radius 1 is 1.26 bits per heavy atom. The number of aliphatic carboxylic acids is 1. The van der Waals surface area contributed by atoms with Crippen LogP contribution in [0.3, 0.4) is 0 Å². The van der Waals surface area contributed by atoms with E-state index in [1.807, 2.05) is 13.8 Å². The van der Waals surface area contributed by atoms with Gasteiger partial charge in [0.25, 0.3) is 11.5 Å². The molecule has 0 saturated heterocycles. The second-order valence-electron chi connectivity index (χ2n) is 6.40. The van der Waals surface area contributed by atoms with Gasteiger partial charge in [0.1, 0.15) is 5.57 Å². The summed E-state index contributed by atoms with van der Waals surface area (Å²) in [5.41, 5.74) is -0.812. The van der Waals surface area contributed by atoms with Crippen LogP contribution in [0.25, 0.3) is 0 Å². The number of hydrogen-bond acceptors (Lipinski definition) is 7. The number of carbonyl (C=O) groups is 3. The fourth-order valence-electron chi connectivity index (χ4n) is 2.22. The zero-order valence-corrected chi connectivity index (χ0v) is 17.7. The summed E-state index contributed by atoms with van der Waals surface area (Å²) < 4.78 is 5.57. The van der Waals surface area contributed by atoms with E-state index in [4.69, 9.17) is 38.9 Å². The maximum Gasteiger partial charge on any atom is 0.343 e. The zero-order valence-electron chi connectivity index (χ0n) is 16.2. The van der Waals surface area contributed by atoms with Crippen LogP contribution in [0, 0.1) is 0 Å². The number of ether oxygens (including phenoxy) is 1. The summed E-state index contributed by atoms with van der Waals surface area (Å²) in [5, 5.41) is 16.9. The molecule has 31 heavy (non-hydrogen) atoms. The molecule has 1 heterocycles. The molecule has 0 bridgehead atoms. The number of carbonyl (C=O) groups excluding carboxylic acids is 2. The Hall–Kier alpha value is -3.41. The molecule has 0 radical (unpaired) electrons. The predicted molar refractivity (Wildman–Crippen MR) is 112 cm³/mol. The van der Waals surface area contributed by atoms with Gasteiger partial charge in [-0.15, -0.1) is 5.10 Å². The number of aromatic nitrogens is 2. The Morgan fingerprint density at radius 3 is 2.35 bits per heavy atom. The standard InChI is InChI=1S/C18H17Cl2N5O6/c1-7(2)10-6-13(23-24-16(10)27)31-14-11(19)4-9(5-12(14)20)25(21)18(30)22-15(26)8(3)17(28)29/h4-7H,3,21H2,1-2H3,(H,24,27)(H,28,29)(H,22,26,30). The van der Waals surface area contributed by atoms with Gasteiger partial charge in [-0.3, -0.25) is 14.9 Å². The van der Waals surface area contributed by atoms with Crippen LogP contribution in [0.2, 0.25) is 10.0 Å². The fourth-order valence-corrected chi connectivity index (χ4v) is 2.77. The lowest BCUT2D eigenvalue weighted by atomic mass is 10.1. The van der Waals surface area contributed by atoms with E-state index in [1.165, 1.54) is 18.2 Å². The van der Waals surface area contributed by atoms with E-state index in [2.05, 4.69) is 16.8 Å². The van der Waals surface area contributed by atoms with Gasteiger partial charge in [-0.2, -0.15) is 0 Å². The van der Waals surface area contributed by atoms with Crippen LogP contribution in [-0.2, 0) is 9.59 Å². The van der Waals surface area contributed by atoms with Crippen LogP contribution in [0.15, 0.2) is 35.1 Å². The van der Waals surface area contributed by atoms with Crippen molar-refractivity contribution < 1.29 is 24.2 Å². The first-order valence-electron chi connectivity index (χ1n) is 8.51. The van der Waals surface area contributed by atoms with Crippen molar-refractivity contribution in [3.05, 3.63) is 56.3 Å². The number of nitrogens with zero attached hydrogens (tertiary/aromatic N) is 2. The van der Waals surface area contributed by atoms with Crippen molar-refractivity contribution in [2.24, 2.45) is 5.84 Å². The highest BCUT2D eigenvalue weighted by Gasteiger charge is 2.22. The van der Waals surface area contributed by atoms with Crippen molar-refractivity contribution in [2.45, 2.75) is 19.8 Å². The minimum absolute atomic E-state index is 0.0227. The molecule has 0 fully saturated rings. The van der Waals surface area contributed by atoms with Crippen molar-refractivity contribution in [3.8, 4) is 11.6 Å². The topological polar surface area (TPSA) is 168 Å². The van der Waals surface area contributed by atoms with E-state index < -0.39 is 23.5 Å². The van der Waals surface area contributed by atoms with Crippen molar-refractivity contribution >= 4 is 46.8 Å². The van der Waals surface area contributed by atoms with Crippen LogP contribution in [0.5, 0.6) is 11.6 Å². The maximum absolute atomic E-state index is 12.1. The molecule has 0 aliphatic rings. The lowest BCUT2D eigenvalue weighted by molar-refractivity contribution is -0.134. The first-order chi connectivity index (χ1) is 14.4. The molecule has 2 aromatic rings. The number of rotatable bonds is 6. The fraction of sp³-hybridized carbons (Fsp3) is 0.167. The lowest BCUT2D eigenvalue weighted by Crippen LogP contribution is -2.47. The van der Waals surface area contributed by atoms with Crippen molar-refractivity contribution in [1.29, 1.82) is 0 Å². The van der Waals surface area contributed by atoms with Crippen LogP contribution in [0.4, 0.5) is 10.5 Å². The summed E-state index contributed by atoms with van der Waals surface area (Å²) >= 11 is 12.4. The molecule has 0 atom stereocenters.